The highest BCUT2D eigenvalue weighted by Gasteiger charge is 2.35. The van der Waals surface area contributed by atoms with Crippen molar-refractivity contribution in [2.24, 2.45) is 5.92 Å². The molecule has 1 aliphatic carbocycles. The predicted octanol–water partition coefficient (Wildman–Crippen LogP) is 2.70. The fraction of sp³-hybridized carbons (Fsp3) is 0.579. The summed E-state index contributed by atoms with van der Waals surface area (Å²) in [5.41, 5.74) is 1.08. The molecule has 1 atom stereocenters. The van der Waals surface area contributed by atoms with E-state index in [0.717, 1.165) is 50.8 Å². The Labute approximate surface area is 138 Å². The maximum absolute atomic E-state index is 12.6. The van der Waals surface area contributed by atoms with Crippen LogP contribution in [0.4, 0.5) is 0 Å². The van der Waals surface area contributed by atoms with Crippen LogP contribution in [0.25, 0.3) is 0 Å². The van der Waals surface area contributed by atoms with Crippen molar-refractivity contribution in [3.63, 3.8) is 0 Å². The molecule has 2 fully saturated rings. The normalized spacial score (nSPS) is 20.1. The van der Waals surface area contributed by atoms with E-state index < -0.39 is 0 Å². The van der Waals surface area contributed by atoms with Gasteiger partial charge in [-0.1, -0.05) is 37.3 Å². The molecule has 1 saturated carbocycles. The zero-order valence-corrected chi connectivity index (χ0v) is 13.8. The monoisotopic (exact) mass is 314 g/mol. The number of benzene rings is 1. The van der Waals surface area contributed by atoms with Crippen molar-refractivity contribution in [2.75, 3.05) is 13.1 Å². The van der Waals surface area contributed by atoms with Gasteiger partial charge in [-0.3, -0.25) is 9.59 Å². The Morgan fingerprint density at radius 1 is 1.13 bits per heavy atom. The standard InChI is InChI=1S/C19H26N2O2/c1-2-17(14-6-4-3-5-7-14)18(22)20-16-10-12-21(13-11-16)19(23)15-8-9-15/h3-7,15-17H,2,8-13H2,1H3,(H,20,22). The lowest BCUT2D eigenvalue weighted by atomic mass is 9.94. The quantitative estimate of drug-likeness (QED) is 0.908. The van der Waals surface area contributed by atoms with Gasteiger partial charge in [0, 0.05) is 25.0 Å². The van der Waals surface area contributed by atoms with E-state index in [-0.39, 0.29) is 17.9 Å². The van der Waals surface area contributed by atoms with E-state index in [1.165, 1.54) is 0 Å². The lowest BCUT2D eigenvalue weighted by Gasteiger charge is -2.33. The molecule has 1 aliphatic heterocycles. The van der Waals surface area contributed by atoms with Crippen molar-refractivity contribution < 1.29 is 9.59 Å². The molecule has 0 bridgehead atoms. The van der Waals surface area contributed by atoms with Gasteiger partial charge in [0.2, 0.25) is 11.8 Å². The molecule has 4 heteroatoms. The van der Waals surface area contributed by atoms with E-state index in [1.807, 2.05) is 42.2 Å². The lowest BCUT2D eigenvalue weighted by Crippen LogP contribution is -2.47. The molecule has 23 heavy (non-hydrogen) atoms. The van der Waals surface area contributed by atoms with Gasteiger partial charge >= 0.3 is 0 Å². The zero-order valence-electron chi connectivity index (χ0n) is 13.8. The van der Waals surface area contributed by atoms with Gasteiger partial charge in [-0.05, 0) is 37.7 Å². The van der Waals surface area contributed by atoms with E-state index >= 15 is 0 Å². The number of nitrogens with one attached hydrogen (secondary N) is 1. The number of nitrogens with zero attached hydrogens (tertiary/aromatic N) is 1. The summed E-state index contributed by atoms with van der Waals surface area (Å²) in [4.78, 5) is 26.6. The summed E-state index contributed by atoms with van der Waals surface area (Å²) in [6.45, 7) is 3.61. The Hall–Kier alpha value is -1.84. The third-order valence-corrected chi connectivity index (χ3v) is 5.01. The highest BCUT2D eigenvalue weighted by atomic mass is 16.2. The van der Waals surface area contributed by atoms with Gasteiger partial charge in [-0.2, -0.15) is 0 Å². The minimum absolute atomic E-state index is 0.0812. The summed E-state index contributed by atoms with van der Waals surface area (Å²) in [6.07, 6.45) is 4.66. The molecule has 0 aromatic heterocycles. The highest BCUT2D eigenvalue weighted by molar-refractivity contribution is 5.84. The van der Waals surface area contributed by atoms with Crippen LogP contribution in [0, 0.1) is 5.92 Å². The van der Waals surface area contributed by atoms with Crippen molar-refractivity contribution in [1.29, 1.82) is 0 Å². The Morgan fingerprint density at radius 3 is 2.35 bits per heavy atom. The molecule has 1 saturated heterocycles. The number of piperidine rings is 1. The zero-order chi connectivity index (χ0) is 16.2. The summed E-state index contributed by atoms with van der Waals surface area (Å²) in [7, 11) is 0. The van der Waals surface area contributed by atoms with Crippen molar-refractivity contribution in [3.8, 4) is 0 Å². The third-order valence-electron chi connectivity index (χ3n) is 5.01. The number of carbonyl (C=O) groups excluding carboxylic acids is 2. The average Bonchev–Trinajstić information content (AvgIpc) is 3.41. The van der Waals surface area contributed by atoms with Crippen LogP contribution in [0.5, 0.6) is 0 Å². The van der Waals surface area contributed by atoms with Gasteiger partial charge in [0.15, 0.2) is 0 Å². The van der Waals surface area contributed by atoms with Crippen LogP contribution in [0.15, 0.2) is 30.3 Å². The minimum atomic E-state index is -0.0812. The van der Waals surface area contributed by atoms with E-state index in [9.17, 15) is 9.59 Å². The van der Waals surface area contributed by atoms with Crippen LogP contribution < -0.4 is 5.32 Å². The molecule has 1 aromatic rings. The summed E-state index contributed by atoms with van der Waals surface area (Å²) in [6, 6.07) is 10.2. The first-order valence-electron chi connectivity index (χ1n) is 8.83. The SMILES string of the molecule is CCC(C(=O)NC1CCN(C(=O)C2CC2)CC1)c1ccccc1. The number of carbonyl (C=O) groups is 2. The first-order valence-corrected chi connectivity index (χ1v) is 8.83. The summed E-state index contributed by atoms with van der Waals surface area (Å²) >= 11 is 0. The summed E-state index contributed by atoms with van der Waals surface area (Å²) < 4.78 is 0. The Morgan fingerprint density at radius 2 is 1.78 bits per heavy atom. The van der Waals surface area contributed by atoms with Crippen LogP contribution in [-0.4, -0.2) is 35.8 Å². The van der Waals surface area contributed by atoms with Crippen molar-refractivity contribution in [1.82, 2.24) is 10.2 Å². The van der Waals surface area contributed by atoms with E-state index in [4.69, 9.17) is 0 Å². The van der Waals surface area contributed by atoms with Gasteiger partial charge in [0.1, 0.15) is 0 Å². The number of likely N-dealkylation sites (tertiary alicyclic amines) is 1. The lowest BCUT2D eigenvalue weighted by molar-refractivity contribution is -0.133. The molecule has 4 nitrogen and oxygen atoms in total. The molecule has 1 heterocycles. The Balaban J connectivity index is 1.51. The topological polar surface area (TPSA) is 49.4 Å². The maximum atomic E-state index is 12.6. The maximum Gasteiger partial charge on any atom is 0.227 e. The van der Waals surface area contributed by atoms with Gasteiger partial charge < -0.3 is 10.2 Å². The fourth-order valence-electron chi connectivity index (χ4n) is 3.39. The van der Waals surface area contributed by atoms with Crippen LogP contribution in [0.3, 0.4) is 0 Å². The van der Waals surface area contributed by atoms with Gasteiger partial charge in [-0.15, -0.1) is 0 Å². The van der Waals surface area contributed by atoms with Crippen LogP contribution >= 0.6 is 0 Å². The van der Waals surface area contributed by atoms with E-state index in [2.05, 4.69) is 5.32 Å². The highest BCUT2D eigenvalue weighted by Crippen LogP contribution is 2.32. The van der Waals surface area contributed by atoms with Gasteiger partial charge in [0.05, 0.1) is 5.92 Å². The second-order valence-corrected chi connectivity index (χ2v) is 6.75. The first-order chi connectivity index (χ1) is 11.2. The van der Waals surface area contributed by atoms with Crippen LogP contribution in [0.2, 0.25) is 0 Å². The predicted molar refractivity (Wildman–Crippen MR) is 89.9 cm³/mol. The molecule has 1 aromatic carbocycles. The van der Waals surface area contributed by atoms with Gasteiger partial charge in [0.25, 0.3) is 0 Å². The second kappa shape index (κ2) is 7.16. The van der Waals surface area contributed by atoms with Crippen molar-refractivity contribution >= 4 is 11.8 Å². The summed E-state index contributed by atoms with van der Waals surface area (Å²) in [5, 5.41) is 3.20. The second-order valence-electron chi connectivity index (χ2n) is 6.75. The molecule has 0 spiro atoms. The Kier molecular flexibility index (Phi) is 4.99. The number of hydrogen-bond donors (Lipinski definition) is 1. The van der Waals surface area contributed by atoms with Crippen LogP contribution in [-0.2, 0) is 9.59 Å². The first kappa shape index (κ1) is 16.0. The largest absolute Gasteiger partial charge is 0.353 e. The number of amides is 2. The van der Waals surface area contributed by atoms with Crippen LogP contribution in [0.1, 0.15) is 50.5 Å². The molecular formula is C19H26N2O2. The molecule has 124 valence electrons. The average molecular weight is 314 g/mol. The number of rotatable bonds is 5. The van der Waals surface area contributed by atoms with E-state index in [1.54, 1.807) is 0 Å². The molecule has 1 unspecified atom stereocenters. The number of hydrogen-bond acceptors (Lipinski definition) is 2. The molecule has 1 N–H and O–H groups in total. The smallest absolute Gasteiger partial charge is 0.227 e. The molecular weight excluding hydrogens is 288 g/mol. The molecule has 3 rings (SSSR count). The minimum Gasteiger partial charge on any atom is -0.353 e. The Bertz CT molecular complexity index is 546. The summed E-state index contributed by atoms with van der Waals surface area (Å²) in [5.74, 6) is 0.655. The van der Waals surface area contributed by atoms with Crippen molar-refractivity contribution in [3.05, 3.63) is 35.9 Å². The fourth-order valence-corrected chi connectivity index (χ4v) is 3.39. The van der Waals surface area contributed by atoms with Gasteiger partial charge in [-0.25, -0.2) is 0 Å². The molecule has 2 aliphatic rings. The third kappa shape index (κ3) is 3.92. The van der Waals surface area contributed by atoms with E-state index in [0.29, 0.717) is 11.8 Å². The molecule has 0 radical (unpaired) electrons. The molecule has 2 amide bonds. The van der Waals surface area contributed by atoms with Crippen molar-refractivity contribution in [2.45, 2.75) is 51.0 Å².